The van der Waals surface area contributed by atoms with E-state index in [2.05, 4.69) is 4.99 Å². The number of anilines is 1. The molecule has 0 spiro atoms. The number of amides is 2. The first-order chi connectivity index (χ1) is 12.5. The molecule has 7 heteroatoms. The minimum Gasteiger partial charge on any atom is -0.369 e. The van der Waals surface area contributed by atoms with E-state index in [9.17, 15) is 14.0 Å². The molecule has 132 valence electrons. The molecule has 2 aromatic rings. The molecule has 5 nitrogen and oxygen atoms in total. The van der Waals surface area contributed by atoms with E-state index in [1.165, 1.54) is 29.2 Å². The zero-order valence-corrected chi connectivity index (χ0v) is 14.7. The van der Waals surface area contributed by atoms with Crippen LogP contribution >= 0.6 is 11.8 Å². The molecule has 0 saturated carbocycles. The summed E-state index contributed by atoms with van der Waals surface area (Å²) < 4.78 is 13.2. The zero-order chi connectivity index (χ0) is 18.7. The molecule has 2 N–H and O–H groups in total. The van der Waals surface area contributed by atoms with Gasteiger partial charge in [-0.3, -0.25) is 14.5 Å². The number of rotatable bonds is 4. The molecule has 0 saturated heterocycles. The van der Waals surface area contributed by atoms with Crippen molar-refractivity contribution >= 4 is 40.5 Å². The van der Waals surface area contributed by atoms with E-state index in [0.29, 0.717) is 10.9 Å². The third-order valence-corrected chi connectivity index (χ3v) is 4.77. The molecule has 3 rings (SSSR count). The number of carbonyl (C=O) groups is 2. The molecular formula is C19H16FN3O2S. The van der Waals surface area contributed by atoms with Crippen molar-refractivity contribution in [1.82, 2.24) is 0 Å². The van der Waals surface area contributed by atoms with Crippen LogP contribution in [0, 0.1) is 5.82 Å². The largest absolute Gasteiger partial charge is 0.369 e. The Morgan fingerprint density at radius 3 is 2.46 bits per heavy atom. The summed E-state index contributed by atoms with van der Waals surface area (Å²) in [5.41, 5.74) is 6.86. The van der Waals surface area contributed by atoms with Crippen LogP contribution in [0.25, 0.3) is 6.08 Å². The minimum atomic E-state index is -0.569. The molecule has 0 aliphatic carbocycles. The smallest absolute Gasteiger partial charge is 0.283 e. The first kappa shape index (κ1) is 17.9. The number of benzene rings is 2. The van der Waals surface area contributed by atoms with E-state index in [0.717, 1.165) is 17.3 Å². The average Bonchev–Trinajstić information content (AvgIpc) is 2.92. The first-order valence-electron chi connectivity index (χ1n) is 7.87. The summed E-state index contributed by atoms with van der Waals surface area (Å²) in [5, 5.41) is -0.240. The second-order valence-corrected chi connectivity index (χ2v) is 6.92. The molecule has 0 aromatic heterocycles. The lowest BCUT2D eigenvalue weighted by Crippen LogP contribution is -2.33. The van der Waals surface area contributed by atoms with Crippen LogP contribution in [0.4, 0.5) is 10.1 Å². The molecule has 2 amide bonds. The van der Waals surface area contributed by atoms with E-state index < -0.39 is 17.0 Å². The van der Waals surface area contributed by atoms with Crippen LogP contribution in [0.1, 0.15) is 12.5 Å². The Balaban J connectivity index is 2.00. The van der Waals surface area contributed by atoms with Crippen LogP contribution in [-0.2, 0) is 9.59 Å². The second-order valence-electron chi connectivity index (χ2n) is 5.61. The highest BCUT2D eigenvalue weighted by Crippen LogP contribution is 2.31. The highest BCUT2D eigenvalue weighted by Gasteiger charge is 2.33. The molecule has 0 radical (unpaired) electrons. The van der Waals surface area contributed by atoms with Crippen LogP contribution in [-0.4, -0.2) is 22.2 Å². The Hall–Kier alpha value is -2.93. The number of nitrogens with two attached hydrogens (primary N) is 1. The van der Waals surface area contributed by atoms with Gasteiger partial charge in [0.05, 0.1) is 10.9 Å². The van der Waals surface area contributed by atoms with Gasteiger partial charge >= 0.3 is 0 Å². The molecule has 1 aliphatic heterocycles. The predicted molar refractivity (Wildman–Crippen MR) is 102 cm³/mol. The fraction of sp³-hybridized carbons (Fsp3) is 0.105. The lowest BCUT2D eigenvalue weighted by atomic mass is 10.2. The summed E-state index contributed by atoms with van der Waals surface area (Å²) in [6.07, 6.45) is 1.67. The Morgan fingerprint density at radius 1 is 1.19 bits per heavy atom. The van der Waals surface area contributed by atoms with Crippen molar-refractivity contribution in [3.63, 3.8) is 0 Å². The van der Waals surface area contributed by atoms with Gasteiger partial charge in [0.1, 0.15) is 11.5 Å². The minimum absolute atomic E-state index is 0.236. The number of halogens is 1. The van der Waals surface area contributed by atoms with Gasteiger partial charge < -0.3 is 5.73 Å². The quantitative estimate of drug-likeness (QED) is 0.841. The van der Waals surface area contributed by atoms with E-state index in [1.807, 2.05) is 30.3 Å². The van der Waals surface area contributed by atoms with Gasteiger partial charge in [-0.05, 0) is 42.8 Å². The number of carbonyl (C=O) groups excluding carboxylic acids is 2. The Labute approximate surface area is 154 Å². The summed E-state index contributed by atoms with van der Waals surface area (Å²) in [5.74, 6) is -1.26. The molecule has 1 aliphatic rings. The molecule has 2 aromatic carbocycles. The Kier molecular flexibility index (Phi) is 5.18. The van der Waals surface area contributed by atoms with E-state index in [4.69, 9.17) is 5.73 Å². The zero-order valence-electron chi connectivity index (χ0n) is 13.9. The normalized spacial score (nSPS) is 16.7. The number of nitrogens with zero attached hydrogens (tertiary/aromatic N) is 2. The lowest BCUT2D eigenvalue weighted by molar-refractivity contribution is -0.117. The van der Waals surface area contributed by atoms with Crippen molar-refractivity contribution in [1.29, 1.82) is 0 Å². The molecule has 0 bridgehead atoms. The standard InChI is InChI=1S/C19H16FN3O2S/c1-12(17(21)24)26-19-22-16(11-13-5-3-2-4-6-13)18(25)23(19)15-9-7-14(20)8-10-15/h2-12H,1H3,(H2,21,24). The van der Waals surface area contributed by atoms with Crippen LogP contribution in [0.2, 0.25) is 0 Å². The van der Waals surface area contributed by atoms with Crippen molar-refractivity contribution < 1.29 is 14.0 Å². The van der Waals surface area contributed by atoms with Gasteiger partial charge in [0.2, 0.25) is 5.91 Å². The summed E-state index contributed by atoms with van der Waals surface area (Å²) in [6, 6.07) is 14.8. The molecule has 1 heterocycles. The van der Waals surface area contributed by atoms with Crippen LogP contribution < -0.4 is 10.6 Å². The van der Waals surface area contributed by atoms with Crippen molar-refractivity contribution in [2.75, 3.05) is 4.90 Å². The topological polar surface area (TPSA) is 75.8 Å². The van der Waals surface area contributed by atoms with Gasteiger partial charge in [0.25, 0.3) is 5.91 Å². The van der Waals surface area contributed by atoms with E-state index in [-0.39, 0.29) is 11.6 Å². The fourth-order valence-corrected chi connectivity index (χ4v) is 3.19. The van der Waals surface area contributed by atoms with Gasteiger partial charge in [-0.15, -0.1) is 0 Å². The third-order valence-electron chi connectivity index (χ3n) is 3.70. The maximum Gasteiger partial charge on any atom is 0.283 e. The van der Waals surface area contributed by atoms with Gasteiger partial charge in [0.15, 0.2) is 5.17 Å². The summed E-state index contributed by atoms with van der Waals surface area (Å²) in [4.78, 5) is 30.0. The summed E-state index contributed by atoms with van der Waals surface area (Å²) >= 11 is 1.09. The Morgan fingerprint density at radius 2 is 1.85 bits per heavy atom. The number of primary amides is 1. The number of hydrogen-bond acceptors (Lipinski definition) is 4. The van der Waals surface area contributed by atoms with Gasteiger partial charge in [-0.25, -0.2) is 9.38 Å². The van der Waals surface area contributed by atoms with Crippen molar-refractivity contribution in [3.8, 4) is 0 Å². The number of thioether (sulfide) groups is 1. The van der Waals surface area contributed by atoms with Gasteiger partial charge in [-0.1, -0.05) is 42.1 Å². The first-order valence-corrected chi connectivity index (χ1v) is 8.75. The SMILES string of the molecule is CC(SC1=NC(=Cc2ccccc2)C(=O)N1c1ccc(F)cc1)C(N)=O. The van der Waals surface area contributed by atoms with Crippen molar-refractivity contribution in [3.05, 3.63) is 71.7 Å². The number of amidine groups is 1. The number of aliphatic imine (C=N–C) groups is 1. The van der Waals surface area contributed by atoms with Crippen LogP contribution in [0.15, 0.2) is 65.3 Å². The second kappa shape index (κ2) is 7.53. The lowest BCUT2D eigenvalue weighted by Gasteiger charge is -2.19. The average molecular weight is 369 g/mol. The highest BCUT2D eigenvalue weighted by atomic mass is 32.2. The molecular weight excluding hydrogens is 353 g/mol. The van der Waals surface area contributed by atoms with E-state index >= 15 is 0 Å². The monoisotopic (exact) mass is 369 g/mol. The molecule has 0 fully saturated rings. The van der Waals surface area contributed by atoms with Crippen molar-refractivity contribution in [2.24, 2.45) is 10.7 Å². The summed E-state index contributed by atoms with van der Waals surface area (Å²) in [7, 11) is 0. The maximum atomic E-state index is 13.2. The predicted octanol–water partition coefficient (Wildman–Crippen LogP) is 3.18. The van der Waals surface area contributed by atoms with Gasteiger partial charge in [-0.2, -0.15) is 0 Å². The number of hydrogen-bond donors (Lipinski definition) is 1. The highest BCUT2D eigenvalue weighted by molar-refractivity contribution is 8.15. The Bertz CT molecular complexity index is 895. The maximum absolute atomic E-state index is 13.2. The molecule has 1 unspecified atom stereocenters. The van der Waals surface area contributed by atoms with Crippen LogP contribution in [0.5, 0.6) is 0 Å². The van der Waals surface area contributed by atoms with Crippen LogP contribution in [0.3, 0.4) is 0 Å². The van der Waals surface area contributed by atoms with Crippen molar-refractivity contribution in [2.45, 2.75) is 12.2 Å². The molecule has 26 heavy (non-hydrogen) atoms. The summed E-state index contributed by atoms with van der Waals surface area (Å²) in [6.45, 7) is 1.64. The van der Waals surface area contributed by atoms with E-state index in [1.54, 1.807) is 13.0 Å². The van der Waals surface area contributed by atoms with Gasteiger partial charge in [0, 0.05) is 0 Å². The fourth-order valence-electron chi connectivity index (χ4n) is 2.32. The third kappa shape index (κ3) is 3.83. The molecule has 1 atom stereocenters.